The molecule has 0 radical (unpaired) electrons. The number of carbonyl (C=O) groups is 2. The summed E-state index contributed by atoms with van der Waals surface area (Å²) in [6.07, 6.45) is 4.18. The van der Waals surface area contributed by atoms with Gasteiger partial charge in [0, 0.05) is 19.0 Å². The maximum atomic E-state index is 14.5. The zero-order valence-corrected chi connectivity index (χ0v) is 26.2. The van der Waals surface area contributed by atoms with Crippen LogP contribution in [0.3, 0.4) is 0 Å². The molecule has 234 valence electrons. The van der Waals surface area contributed by atoms with Crippen molar-refractivity contribution < 1.29 is 22.7 Å². The maximum absolute atomic E-state index is 14.5. The Labute approximate surface area is 265 Å². The SMILES string of the molecule is COc1ccc(N(CC(=O)N(Cc2ccccc2)[C@@H](Cc2ccccc2)C(=O)NC2CCCC2)S(=O)(=O)c2ccccc2)cc1. The molecule has 2 amide bonds. The average Bonchev–Trinajstić information content (AvgIpc) is 3.59. The summed E-state index contributed by atoms with van der Waals surface area (Å²) in [5.74, 6) is -0.173. The first-order valence-electron chi connectivity index (χ1n) is 15.2. The summed E-state index contributed by atoms with van der Waals surface area (Å²) >= 11 is 0. The minimum Gasteiger partial charge on any atom is -0.497 e. The Morgan fingerprint density at radius 2 is 1.36 bits per heavy atom. The van der Waals surface area contributed by atoms with Crippen molar-refractivity contribution in [2.75, 3.05) is 18.0 Å². The van der Waals surface area contributed by atoms with E-state index in [4.69, 9.17) is 4.74 Å². The van der Waals surface area contributed by atoms with Crippen molar-refractivity contribution in [1.29, 1.82) is 0 Å². The quantitative estimate of drug-likeness (QED) is 0.209. The van der Waals surface area contributed by atoms with Crippen LogP contribution < -0.4 is 14.4 Å². The molecule has 45 heavy (non-hydrogen) atoms. The molecule has 8 nitrogen and oxygen atoms in total. The smallest absolute Gasteiger partial charge is 0.264 e. The molecule has 0 heterocycles. The molecule has 0 aromatic heterocycles. The molecule has 1 saturated carbocycles. The number of rotatable bonds is 13. The third-order valence-electron chi connectivity index (χ3n) is 8.14. The number of anilines is 1. The second kappa shape index (κ2) is 14.9. The third-order valence-corrected chi connectivity index (χ3v) is 9.93. The van der Waals surface area contributed by atoms with E-state index in [0.717, 1.165) is 41.1 Å². The van der Waals surface area contributed by atoms with Crippen LogP contribution in [0.15, 0.2) is 120 Å². The molecule has 1 aliphatic carbocycles. The molecule has 1 aliphatic rings. The fraction of sp³-hybridized carbons (Fsp3) is 0.278. The molecule has 0 bridgehead atoms. The molecular formula is C36H39N3O5S. The summed E-state index contributed by atoms with van der Waals surface area (Å²) in [6.45, 7) is -0.366. The summed E-state index contributed by atoms with van der Waals surface area (Å²) in [4.78, 5) is 30.1. The Bertz CT molecular complexity index is 1640. The van der Waals surface area contributed by atoms with E-state index >= 15 is 0 Å². The van der Waals surface area contributed by atoms with E-state index in [1.807, 2.05) is 60.7 Å². The van der Waals surface area contributed by atoms with Gasteiger partial charge in [0.25, 0.3) is 10.0 Å². The lowest BCUT2D eigenvalue weighted by atomic mass is 10.0. The van der Waals surface area contributed by atoms with Crippen molar-refractivity contribution in [2.45, 2.75) is 55.6 Å². The Morgan fingerprint density at radius 1 is 0.800 bits per heavy atom. The minimum atomic E-state index is -4.15. The van der Waals surface area contributed by atoms with Gasteiger partial charge in [-0.2, -0.15) is 0 Å². The highest BCUT2D eigenvalue weighted by Crippen LogP contribution is 2.27. The lowest BCUT2D eigenvalue weighted by Crippen LogP contribution is -2.54. The predicted octanol–water partition coefficient (Wildman–Crippen LogP) is 5.59. The van der Waals surface area contributed by atoms with Crippen LogP contribution in [-0.4, -0.2) is 50.9 Å². The summed E-state index contributed by atoms with van der Waals surface area (Å²) in [6, 6.07) is 32.8. The van der Waals surface area contributed by atoms with Crippen molar-refractivity contribution in [1.82, 2.24) is 10.2 Å². The van der Waals surface area contributed by atoms with E-state index in [1.165, 1.54) is 24.1 Å². The topological polar surface area (TPSA) is 96.0 Å². The Balaban J connectivity index is 1.54. The van der Waals surface area contributed by atoms with Crippen molar-refractivity contribution in [3.8, 4) is 5.75 Å². The minimum absolute atomic E-state index is 0.0544. The number of benzene rings is 4. The molecule has 1 atom stereocenters. The molecule has 5 rings (SSSR count). The second-order valence-electron chi connectivity index (χ2n) is 11.2. The molecule has 9 heteroatoms. The van der Waals surface area contributed by atoms with Crippen LogP contribution in [0.2, 0.25) is 0 Å². The number of nitrogens with zero attached hydrogens (tertiary/aromatic N) is 2. The Kier molecular flexibility index (Phi) is 10.5. The van der Waals surface area contributed by atoms with Crippen LogP contribution in [0, 0.1) is 0 Å². The summed E-state index contributed by atoms with van der Waals surface area (Å²) in [5.41, 5.74) is 2.04. The highest BCUT2D eigenvalue weighted by Gasteiger charge is 2.35. The molecule has 0 saturated heterocycles. The highest BCUT2D eigenvalue weighted by atomic mass is 32.2. The molecule has 4 aromatic carbocycles. The molecular weight excluding hydrogens is 586 g/mol. The number of methoxy groups -OCH3 is 1. The highest BCUT2D eigenvalue weighted by molar-refractivity contribution is 7.92. The van der Waals surface area contributed by atoms with Gasteiger partial charge in [-0.3, -0.25) is 13.9 Å². The molecule has 0 spiro atoms. The van der Waals surface area contributed by atoms with Crippen LogP contribution in [0.25, 0.3) is 0 Å². The number of sulfonamides is 1. The Hall–Kier alpha value is -4.63. The van der Waals surface area contributed by atoms with Gasteiger partial charge in [0.15, 0.2) is 0 Å². The zero-order valence-electron chi connectivity index (χ0n) is 25.4. The van der Waals surface area contributed by atoms with Crippen molar-refractivity contribution >= 4 is 27.5 Å². The standard InChI is InChI=1S/C36H39N3O5S/c1-44-32-23-21-31(22-24-32)39(45(42,43)33-19-9-4-10-20-33)27-35(40)38(26-29-15-7-3-8-16-29)34(25-28-13-5-2-6-14-28)36(41)37-30-17-11-12-18-30/h2-10,13-16,19-24,30,34H,11-12,17-18,25-27H2,1H3,(H,37,41)/t34-/m0/s1. The normalized spacial score (nSPS) is 14.0. The van der Waals surface area contributed by atoms with Gasteiger partial charge in [-0.05, 0) is 60.4 Å². The number of carbonyl (C=O) groups excluding carboxylic acids is 2. The number of amides is 2. The van der Waals surface area contributed by atoms with Crippen LogP contribution in [0.5, 0.6) is 5.75 Å². The van der Waals surface area contributed by atoms with Gasteiger partial charge in [-0.25, -0.2) is 8.42 Å². The monoisotopic (exact) mass is 625 g/mol. The largest absolute Gasteiger partial charge is 0.497 e. The first-order valence-corrected chi connectivity index (χ1v) is 16.7. The van der Waals surface area contributed by atoms with E-state index in [0.29, 0.717) is 11.4 Å². The summed E-state index contributed by atoms with van der Waals surface area (Å²) in [5, 5.41) is 3.20. The zero-order chi connectivity index (χ0) is 31.6. The Morgan fingerprint density at radius 3 is 1.93 bits per heavy atom. The molecule has 0 unspecified atom stereocenters. The number of hydrogen-bond donors (Lipinski definition) is 1. The van der Waals surface area contributed by atoms with E-state index < -0.39 is 28.5 Å². The number of ether oxygens (including phenoxy) is 1. The summed E-state index contributed by atoms with van der Waals surface area (Å²) in [7, 11) is -2.62. The maximum Gasteiger partial charge on any atom is 0.264 e. The average molecular weight is 626 g/mol. The molecule has 0 aliphatic heterocycles. The lowest BCUT2D eigenvalue weighted by Gasteiger charge is -2.34. The van der Waals surface area contributed by atoms with Crippen LogP contribution >= 0.6 is 0 Å². The van der Waals surface area contributed by atoms with Crippen molar-refractivity contribution in [3.63, 3.8) is 0 Å². The fourth-order valence-electron chi connectivity index (χ4n) is 5.70. The fourth-order valence-corrected chi connectivity index (χ4v) is 7.13. The first kappa shape index (κ1) is 31.8. The van der Waals surface area contributed by atoms with Gasteiger partial charge in [0.2, 0.25) is 11.8 Å². The third kappa shape index (κ3) is 8.10. The van der Waals surface area contributed by atoms with Gasteiger partial charge in [-0.1, -0.05) is 91.7 Å². The van der Waals surface area contributed by atoms with Crippen LogP contribution in [-0.2, 0) is 32.6 Å². The van der Waals surface area contributed by atoms with E-state index in [2.05, 4.69) is 5.32 Å². The summed E-state index contributed by atoms with van der Waals surface area (Å²) < 4.78 is 34.5. The predicted molar refractivity (Wildman–Crippen MR) is 175 cm³/mol. The van der Waals surface area contributed by atoms with Gasteiger partial charge in [0.05, 0.1) is 17.7 Å². The second-order valence-corrected chi connectivity index (χ2v) is 13.1. The molecule has 4 aromatic rings. The molecule has 1 N–H and O–H groups in total. The first-order chi connectivity index (χ1) is 21.8. The van der Waals surface area contributed by atoms with Gasteiger partial charge < -0.3 is 15.0 Å². The van der Waals surface area contributed by atoms with Gasteiger partial charge in [-0.15, -0.1) is 0 Å². The van der Waals surface area contributed by atoms with Crippen LogP contribution in [0.1, 0.15) is 36.8 Å². The molecule has 1 fully saturated rings. The van der Waals surface area contributed by atoms with E-state index in [9.17, 15) is 18.0 Å². The van der Waals surface area contributed by atoms with Crippen molar-refractivity contribution in [3.05, 3.63) is 126 Å². The van der Waals surface area contributed by atoms with Gasteiger partial charge >= 0.3 is 0 Å². The number of hydrogen-bond acceptors (Lipinski definition) is 5. The van der Waals surface area contributed by atoms with Crippen molar-refractivity contribution in [2.24, 2.45) is 0 Å². The van der Waals surface area contributed by atoms with Gasteiger partial charge in [0.1, 0.15) is 18.3 Å². The van der Waals surface area contributed by atoms with E-state index in [1.54, 1.807) is 42.5 Å². The van der Waals surface area contributed by atoms with Crippen LogP contribution in [0.4, 0.5) is 5.69 Å². The van der Waals surface area contributed by atoms with E-state index in [-0.39, 0.29) is 29.8 Å². The number of nitrogens with one attached hydrogen (secondary N) is 1. The lowest BCUT2D eigenvalue weighted by molar-refractivity contribution is -0.140.